The number of esters is 1. The van der Waals surface area contributed by atoms with Crippen LogP contribution in [-0.2, 0) is 14.3 Å². The molecule has 1 heterocycles. The van der Waals surface area contributed by atoms with Gasteiger partial charge in [-0.1, -0.05) is 27.4 Å². The second-order valence-electron chi connectivity index (χ2n) is 4.41. The first-order valence-corrected chi connectivity index (χ1v) is 4.37. The van der Waals surface area contributed by atoms with E-state index in [2.05, 4.69) is 6.58 Å². The zero-order valence-electron chi connectivity index (χ0n) is 8.59. The molecule has 1 rings (SSSR count). The largest absolute Gasteiger partial charge is 0.432 e. The van der Waals surface area contributed by atoms with Crippen LogP contribution in [0.4, 0.5) is 0 Å². The summed E-state index contributed by atoms with van der Waals surface area (Å²) in [6.45, 7) is 11.3. The highest BCUT2D eigenvalue weighted by molar-refractivity contribution is 5.89. The molecule has 0 aromatic rings. The molecule has 1 aliphatic heterocycles. The van der Waals surface area contributed by atoms with Crippen LogP contribution in [0.3, 0.4) is 0 Å². The van der Waals surface area contributed by atoms with Gasteiger partial charge < -0.3 is 9.47 Å². The van der Waals surface area contributed by atoms with Crippen LogP contribution in [0.1, 0.15) is 27.7 Å². The van der Waals surface area contributed by atoms with E-state index in [1.54, 1.807) is 0 Å². The molecule has 0 radical (unpaired) electrons. The first-order valence-electron chi connectivity index (χ1n) is 4.37. The summed E-state index contributed by atoms with van der Waals surface area (Å²) in [7, 11) is 0. The lowest BCUT2D eigenvalue weighted by molar-refractivity contribution is -0.225. The lowest BCUT2D eigenvalue weighted by Gasteiger charge is -2.36. The fraction of sp³-hybridized carbons (Fsp3) is 0.700. The molecule has 2 unspecified atom stereocenters. The fourth-order valence-corrected chi connectivity index (χ4v) is 1.02. The van der Waals surface area contributed by atoms with Gasteiger partial charge in [-0.05, 0) is 6.92 Å². The van der Waals surface area contributed by atoms with Crippen molar-refractivity contribution >= 4 is 5.97 Å². The van der Waals surface area contributed by atoms with Crippen molar-refractivity contribution in [2.75, 3.05) is 0 Å². The van der Waals surface area contributed by atoms with E-state index < -0.39 is 6.29 Å². The van der Waals surface area contributed by atoms with Crippen molar-refractivity contribution in [3.8, 4) is 0 Å². The monoisotopic (exact) mass is 184 g/mol. The molecule has 1 saturated heterocycles. The number of cyclic esters (lactones) is 1. The average molecular weight is 184 g/mol. The Balaban J connectivity index is 2.75. The number of ether oxygens (including phenoxy) is 2. The Labute approximate surface area is 78.7 Å². The normalized spacial score (nSPS) is 30.2. The van der Waals surface area contributed by atoms with E-state index in [0.717, 1.165) is 0 Å². The van der Waals surface area contributed by atoms with Gasteiger partial charge in [0.2, 0.25) is 6.29 Å². The Kier molecular flexibility index (Phi) is 2.48. The van der Waals surface area contributed by atoms with Crippen LogP contribution in [0.25, 0.3) is 0 Å². The van der Waals surface area contributed by atoms with Crippen molar-refractivity contribution in [2.45, 2.75) is 40.1 Å². The first kappa shape index (κ1) is 10.3. The highest BCUT2D eigenvalue weighted by Gasteiger charge is 2.37. The third-order valence-electron chi connectivity index (χ3n) is 2.00. The van der Waals surface area contributed by atoms with E-state index in [9.17, 15) is 4.79 Å². The Morgan fingerprint density at radius 2 is 1.92 bits per heavy atom. The molecular weight excluding hydrogens is 168 g/mol. The molecule has 3 heteroatoms. The van der Waals surface area contributed by atoms with Gasteiger partial charge >= 0.3 is 5.97 Å². The average Bonchev–Trinajstić information content (AvgIpc) is 1.97. The molecule has 3 nitrogen and oxygen atoms in total. The predicted octanol–water partition coefficient (Wildman–Crippen LogP) is 1.88. The molecule has 0 aromatic carbocycles. The molecule has 1 fully saturated rings. The molecule has 0 saturated carbocycles. The van der Waals surface area contributed by atoms with Gasteiger partial charge in [-0.2, -0.15) is 0 Å². The van der Waals surface area contributed by atoms with Crippen LogP contribution < -0.4 is 0 Å². The summed E-state index contributed by atoms with van der Waals surface area (Å²) in [5.41, 5.74) is 0.199. The van der Waals surface area contributed by atoms with Crippen LogP contribution in [0, 0.1) is 5.41 Å². The Bertz CT molecular complexity index is 237. The third-order valence-corrected chi connectivity index (χ3v) is 2.00. The van der Waals surface area contributed by atoms with Crippen molar-refractivity contribution in [1.29, 1.82) is 0 Å². The van der Waals surface area contributed by atoms with Gasteiger partial charge in [-0.15, -0.1) is 0 Å². The van der Waals surface area contributed by atoms with Gasteiger partial charge in [0, 0.05) is 5.41 Å². The van der Waals surface area contributed by atoms with Crippen molar-refractivity contribution in [3.63, 3.8) is 0 Å². The van der Waals surface area contributed by atoms with Crippen LogP contribution in [0.5, 0.6) is 0 Å². The highest BCUT2D eigenvalue weighted by Crippen LogP contribution is 2.29. The standard InChI is InChI=1S/C10H16O3/c1-6-7(2)12-9(10(3,4)5)13-8(6)11/h7,9H,1H2,2-5H3. The fourth-order valence-electron chi connectivity index (χ4n) is 1.02. The minimum absolute atomic E-state index is 0.190. The van der Waals surface area contributed by atoms with Crippen molar-refractivity contribution < 1.29 is 14.3 Å². The van der Waals surface area contributed by atoms with Crippen molar-refractivity contribution in [3.05, 3.63) is 12.2 Å². The second kappa shape index (κ2) is 3.14. The summed E-state index contributed by atoms with van der Waals surface area (Å²) in [6.07, 6.45) is -0.717. The van der Waals surface area contributed by atoms with E-state index in [0.29, 0.717) is 5.57 Å². The summed E-state index contributed by atoms with van der Waals surface area (Å²) in [6, 6.07) is 0. The van der Waals surface area contributed by atoms with E-state index >= 15 is 0 Å². The minimum atomic E-state index is -0.472. The molecule has 0 N–H and O–H groups in total. The molecule has 13 heavy (non-hydrogen) atoms. The van der Waals surface area contributed by atoms with Gasteiger partial charge in [-0.25, -0.2) is 4.79 Å². The lowest BCUT2D eigenvalue weighted by Crippen LogP contribution is -2.43. The maximum atomic E-state index is 11.3. The predicted molar refractivity (Wildman–Crippen MR) is 49.0 cm³/mol. The Hall–Kier alpha value is -0.830. The molecule has 74 valence electrons. The zero-order valence-corrected chi connectivity index (χ0v) is 8.59. The molecule has 0 spiro atoms. The van der Waals surface area contributed by atoms with Crippen LogP contribution in [0.2, 0.25) is 0 Å². The van der Waals surface area contributed by atoms with Gasteiger partial charge in [0.15, 0.2) is 0 Å². The van der Waals surface area contributed by atoms with Crippen molar-refractivity contribution in [1.82, 2.24) is 0 Å². The smallest absolute Gasteiger partial charge is 0.338 e. The quantitative estimate of drug-likeness (QED) is 0.426. The van der Waals surface area contributed by atoms with Gasteiger partial charge in [0.1, 0.15) is 0 Å². The number of hydrogen-bond acceptors (Lipinski definition) is 3. The first-order chi connectivity index (χ1) is 5.82. The number of carbonyl (C=O) groups is 1. The molecule has 0 amide bonds. The molecule has 1 aliphatic rings. The van der Waals surface area contributed by atoms with Crippen LogP contribution in [0.15, 0.2) is 12.2 Å². The van der Waals surface area contributed by atoms with Gasteiger partial charge in [0.25, 0.3) is 0 Å². The molecular formula is C10H16O3. The zero-order chi connectivity index (χ0) is 10.2. The maximum Gasteiger partial charge on any atom is 0.338 e. The second-order valence-corrected chi connectivity index (χ2v) is 4.41. The molecule has 0 aliphatic carbocycles. The number of carbonyl (C=O) groups excluding carboxylic acids is 1. The Morgan fingerprint density at radius 1 is 1.38 bits per heavy atom. The number of hydrogen-bond donors (Lipinski definition) is 0. The van der Waals surface area contributed by atoms with E-state index in [1.165, 1.54) is 0 Å². The molecule has 0 aromatic heterocycles. The maximum absolute atomic E-state index is 11.3. The summed E-state index contributed by atoms with van der Waals surface area (Å²) in [5, 5.41) is 0. The topological polar surface area (TPSA) is 35.5 Å². The minimum Gasteiger partial charge on any atom is -0.432 e. The van der Waals surface area contributed by atoms with E-state index in [1.807, 2.05) is 27.7 Å². The SMILES string of the molecule is C=C1C(=O)OC(C(C)(C)C)OC1C. The van der Waals surface area contributed by atoms with Crippen LogP contribution in [-0.4, -0.2) is 18.4 Å². The van der Waals surface area contributed by atoms with Gasteiger partial charge in [0.05, 0.1) is 11.7 Å². The summed E-state index contributed by atoms with van der Waals surface area (Å²) < 4.78 is 10.6. The van der Waals surface area contributed by atoms with E-state index in [4.69, 9.17) is 9.47 Å². The van der Waals surface area contributed by atoms with Crippen LogP contribution >= 0.6 is 0 Å². The van der Waals surface area contributed by atoms with Gasteiger partial charge in [-0.3, -0.25) is 0 Å². The van der Waals surface area contributed by atoms with E-state index in [-0.39, 0.29) is 17.5 Å². The summed E-state index contributed by atoms with van der Waals surface area (Å²) in [4.78, 5) is 11.3. The molecule has 2 atom stereocenters. The van der Waals surface area contributed by atoms with Crippen molar-refractivity contribution in [2.24, 2.45) is 5.41 Å². The number of rotatable bonds is 0. The Morgan fingerprint density at radius 3 is 2.31 bits per heavy atom. The lowest BCUT2D eigenvalue weighted by atomic mass is 9.95. The molecule has 0 bridgehead atoms. The summed E-state index contributed by atoms with van der Waals surface area (Å²) >= 11 is 0. The third kappa shape index (κ3) is 2.10. The summed E-state index contributed by atoms with van der Waals surface area (Å²) in [5.74, 6) is -0.348. The highest BCUT2D eigenvalue weighted by atomic mass is 16.7.